The van der Waals surface area contributed by atoms with Gasteiger partial charge in [0.1, 0.15) is 5.57 Å². The van der Waals surface area contributed by atoms with Crippen molar-refractivity contribution >= 4 is 23.6 Å². The highest BCUT2D eigenvalue weighted by Gasteiger charge is 2.21. The Labute approximate surface area is 121 Å². The topological polar surface area (TPSA) is 101 Å². The zero-order valence-electron chi connectivity index (χ0n) is 11.8. The van der Waals surface area contributed by atoms with Crippen molar-refractivity contribution in [3.05, 3.63) is 45.5 Å². The van der Waals surface area contributed by atoms with Gasteiger partial charge in [-0.3, -0.25) is 14.9 Å². The zero-order chi connectivity index (χ0) is 16.0. The highest BCUT2D eigenvalue weighted by Crippen LogP contribution is 2.15. The van der Waals surface area contributed by atoms with E-state index in [4.69, 9.17) is 5.11 Å². The van der Waals surface area contributed by atoms with Crippen molar-refractivity contribution in [3.63, 3.8) is 0 Å². The lowest BCUT2D eigenvalue weighted by atomic mass is 10.1. The molecule has 0 aliphatic rings. The summed E-state index contributed by atoms with van der Waals surface area (Å²) in [5, 5.41) is 19.7. The number of hydrogen-bond acceptors (Lipinski definition) is 4. The average molecular weight is 292 g/mol. The van der Waals surface area contributed by atoms with Crippen LogP contribution in [0.25, 0.3) is 6.08 Å². The second kappa shape index (κ2) is 7.18. The summed E-state index contributed by atoms with van der Waals surface area (Å²) < 4.78 is 0. The molecule has 1 aromatic carbocycles. The van der Waals surface area contributed by atoms with Crippen LogP contribution in [0.5, 0.6) is 0 Å². The minimum atomic E-state index is -1.33. The molecule has 0 saturated heterocycles. The van der Waals surface area contributed by atoms with Gasteiger partial charge in [-0.15, -0.1) is 0 Å². The maximum atomic E-state index is 12.1. The summed E-state index contributed by atoms with van der Waals surface area (Å²) in [5.74, 6) is -1.91. The number of aliphatic carboxylic acids is 1. The quantitative estimate of drug-likeness (QED) is 0.284. The molecule has 112 valence electrons. The van der Waals surface area contributed by atoms with Gasteiger partial charge < -0.3 is 10.0 Å². The Kier molecular flexibility index (Phi) is 5.59. The Morgan fingerprint density at radius 1 is 1.24 bits per heavy atom. The summed E-state index contributed by atoms with van der Waals surface area (Å²) in [6, 6.07) is 5.31. The molecule has 1 amide bonds. The number of non-ortho nitro benzene ring substituents is 1. The summed E-state index contributed by atoms with van der Waals surface area (Å²) in [4.78, 5) is 34.7. The van der Waals surface area contributed by atoms with Crippen molar-refractivity contribution in [2.24, 2.45) is 0 Å². The van der Waals surface area contributed by atoms with Crippen LogP contribution < -0.4 is 0 Å². The van der Waals surface area contributed by atoms with Crippen molar-refractivity contribution < 1.29 is 19.6 Å². The SMILES string of the molecule is CCN(CC)C(=O)C(=Cc1ccc([N+](=O)[O-])cc1)C(=O)O. The van der Waals surface area contributed by atoms with Crippen LogP contribution in [0.15, 0.2) is 29.8 Å². The molecule has 7 heteroatoms. The van der Waals surface area contributed by atoms with Gasteiger partial charge in [-0.25, -0.2) is 4.79 Å². The van der Waals surface area contributed by atoms with E-state index in [1.807, 2.05) is 0 Å². The molecule has 0 aliphatic heterocycles. The zero-order valence-corrected chi connectivity index (χ0v) is 11.8. The van der Waals surface area contributed by atoms with E-state index >= 15 is 0 Å². The van der Waals surface area contributed by atoms with E-state index in [1.165, 1.54) is 35.2 Å². The van der Waals surface area contributed by atoms with Gasteiger partial charge in [0.2, 0.25) is 0 Å². The monoisotopic (exact) mass is 292 g/mol. The number of amides is 1. The van der Waals surface area contributed by atoms with Crippen LogP contribution in [0.3, 0.4) is 0 Å². The smallest absolute Gasteiger partial charge is 0.341 e. The fraction of sp³-hybridized carbons (Fsp3) is 0.286. The maximum absolute atomic E-state index is 12.1. The normalized spacial score (nSPS) is 11.0. The van der Waals surface area contributed by atoms with E-state index in [-0.39, 0.29) is 11.3 Å². The number of carbonyl (C=O) groups is 2. The Morgan fingerprint density at radius 2 is 1.76 bits per heavy atom. The number of nitro benzene ring substituents is 1. The number of hydrogen-bond donors (Lipinski definition) is 1. The van der Waals surface area contributed by atoms with Gasteiger partial charge in [0.15, 0.2) is 0 Å². The Morgan fingerprint density at radius 3 is 2.14 bits per heavy atom. The van der Waals surface area contributed by atoms with E-state index in [9.17, 15) is 19.7 Å². The summed E-state index contributed by atoms with van der Waals surface area (Å²) in [6.45, 7) is 4.32. The third kappa shape index (κ3) is 4.13. The average Bonchev–Trinajstić information content (AvgIpc) is 2.46. The van der Waals surface area contributed by atoms with E-state index in [1.54, 1.807) is 13.8 Å². The van der Waals surface area contributed by atoms with Crippen molar-refractivity contribution in [3.8, 4) is 0 Å². The van der Waals surface area contributed by atoms with Gasteiger partial charge in [0.05, 0.1) is 4.92 Å². The lowest BCUT2D eigenvalue weighted by Gasteiger charge is -2.18. The number of likely N-dealkylation sites (N-methyl/N-ethyl adjacent to an activating group) is 1. The fourth-order valence-corrected chi connectivity index (χ4v) is 1.76. The van der Waals surface area contributed by atoms with Crippen LogP contribution in [-0.4, -0.2) is 39.9 Å². The number of rotatable bonds is 6. The summed E-state index contributed by atoms with van der Waals surface area (Å²) >= 11 is 0. The molecule has 1 aromatic rings. The second-order valence-electron chi connectivity index (χ2n) is 4.19. The molecule has 21 heavy (non-hydrogen) atoms. The van der Waals surface area contributed by atoms with Crippen LogP contribution >= 0.6 is 0 Å². The van der Waals surface area contributed by atoms with Crippen molar-refractivity contribution in [2.75, 3.05) is 13.1 Å². The van der Waals surface area contributed by atoms with Crippen LogP contribution in [0.4, 0.5) is 5.69 Å². The third-order valence-corrected chi connectivity index (χ3v) is 2.93. The van der Waals surface area contributed by atoms with Gasteiger partial charge in [-0.05, 0) is 37.6 Å². The standard InChI is InChI=1S/C14H16N2O5/c1-3-15(4-2)13(17)12(14(18)19)9-10-5-7-11(8-6-10)16(20)21/h5-9H,3-4H2,1-2H3,(H,18,19). The highest BCUT2D eigenvalue weighted by atomic mass is 16.6. The van der Waals surface area contributed by atoms with Crippen LogP contribution in [0.1, 0.15) is 19.4 Å². The van der Waals surface area contributed by atoms with Gasteiger partial charge in [0, 0.05) is 25.2 Å². The summed E-state index contributed by atoms with van der Waals surface area (Å²) in [6.07, 6.45) is 1.21. The molecule has 7 nitrogen and oxygen atoms in total. The molecule has 0 fully saturated rings. The molecular formula is C14H16N2O5. The van der Waals surface area contributed by atoms with Gasteiger partial charge >= 0.3 is 5.97 Å². The van der Waals surface area contributed by atoms with Crippen LogP contribution in [0, 0.1) is 10.1 Å². The molecular weight excluding hydrogens is 276 g/mol. The molecule has 1 N–H and O–H groups in total. The van der Waals surface area contributed by atoms with Gasteiger partial charge in [-0.1, -0.05) is 0 Å². The number of carboxylic acids is 1. The van der Waals surface area contributed by atoms with E-state index in [0.29, 0.717) is 18.7 Å². The number of benzene rings is 1. The van der Waals surface area contributed by atoms with Gasteiger partial charge in [-0.2, -0.15) is 0 Å². The van der Waals surface area contributed by atoms with Crippen molar-refractivity contribution in [2.45, 2.75) is 13.8 Å². The van der Waals surface area contributed by atoms with Crippen molar-refractivity contribution in [1.82, 2.24) is 4.90 Å². The molecule has 0 aromatic heterocycles. The molecule has 0 aliphatic carbocycles. The van der Waals surface area contributed by atoms with Crippen LogP contribution in [0.2, 0.25) is 0 Å². The Hall–Kier alpha value is -2.70. The predicted octanol–water partition coefficient (Wildman–Crippen LogP) is 1.93. The molecule has 1 rings (SSSR count). The fourth-order valence-electron chi connectivity index (χ4n) is 1.76. The molecule has 0 unspecified atom stereocenters. The van der Waals surface area contributed by atoms with Gasteiger partial charge in [0.25, 0.3) is 11.6 Å². The summed E-state index contributed by atoms with van der Waals surface area (Å²) in [5.41, 5.74) is -0.0508. The second-order valence-corrected chi connectivity index (χ2v) is 4.19. The highest BCUT2D eigenvalue weighted by molar-refractivity contribution is 6.19. The molecule has 0 saturated carbocycles. The number of carbonyl (C=O) groups excluding carboxylic acids is 1. The number of nitro groups is 1. The number of nitrogens with zero attached hydrogens (tertiary/aromatic N) is 2. The van der Waals surface area contributed by atoms with Crippen molar-refractivity contribution in [1.29, 1.82) is 0 Å². The lowest BCUT2D eigenvalue weighted by Crippen LogP contribution is -2.33. The first-order valence-corrected chi connectivity index (χ1v) is 6.39. The molecule has 0 bridgehead atoms. The Bertz CT molecular complexity index is 574. The maximum Gasteiger partial charge on any atom is 0.341 e. The first kappa shape index (κ1) is 16.4. The minimum absolute atomic E-state index is 0.0981. The lowest BCUT2D eigenvalue weighted by molar-refractivity contribution is -0.384. The van der Waals surface area contributed by atoms with E-state index in [2.05, 4.69) is 0 Å². The third-order valence-electron chi connectivity index (χ3n) is 2.93. The predicted molar refractivity (Wildman–Crippen MR) is 76.6 cm³/mol. The number of carboxylic acid groups (broad SMARTS) is 1. The van der Waals surface area contributed by atoms with E-state index in [0.717, 1.165) is 0 Å². The molecule has 0 radical (unpaired) electrons. The van der Waals surface area contributed by atoms with Crippen LogP contribution in [-0.2, 0) is 9.59 Å². The first-order chi connectivity index (χ1) is 9.90. The largest absolute Gasteiger partial charge is 0.477 e. The molecule has 0 heterocycles. The molecule has 0 spiro atoms. The molecule has 0 atom stereocenters. The van der Waals surface area contributed by atoms with E-state index < -0.39 is 16.8 Å². The Balaban J connectivity index is 3.13. The minimum Gasteiger partial charge on any atom is -0.477 e. The first-order valence-electron chi connectivity index (χ1n) is 6.39. The summed E-state index contributed by atoms with van der Waals surface area (Å²) in [7, 11) is 0.